The minimum absolute atomic E-state index is 0.0276. The smallest absolute Gasteiger partial charge is 0.241 e. The Kier molecular flexibility index (Phi) is 4.80. The molecule has 1 amide bonds. The number of nitrogen functional groups attached to an aromatic ring is 1. The van der Waals surface area contributed by atoms with Crippen LogP contribution in [0.4, 0.5) is 11.4 Å². The number of anilines is 2. The highest BCUT2D eigenvalue weighted by Crippen LogP contribution is 2.18. The molecule has 1 atom stereocenters. The van der Waals surface area contributed by atoms with Crippen LogP contribution < -0.4 is 11.1 Å². The lowest BCUT2D eigenvalue weighted by atomic mass is 10.2. The van der Waals surface area contributed by atoms with Crippen LogP contribution in [-0.2, 0) is 4.79 Å². The lowest BCUT2D eigenvalue weighted by Crippen LogP contribution is -2.42. The number of likely N-dealkylation sites (tertiary alicyclic amines) is 1. The molecule has 0 bridgehead atoms. The monoisotopic (exact) mass is 261 g/mol. The molecule has 4 heteroatoms. The molecule has 1 unspecified atom stereocenters. The second kappa shape index (κ2) is 6.57. The van der Waals surface area contributed by atoms with Crippen molar-refractivity contribution in [1.82, 2.24) is 4.90 Å². The van der Waals surface area contributed by atoms with Crippen molar-refractivity contribution in [1.29, 1.82) is 0 Å². The predicted octanol–water partition coefficient (Wildman–Crippen LogP) is 2.47. The first kappa shape index (κ1) is 13.9. The number of nitrogens with two attached hydrogens (primary N) is 1. The molecule has 4 nitrogen and oxygen atoms in total. The summed E-state index contributed by atoms with van der Waals surface area (Å²) in [6.45, 7) is 4.00. The van der Waals surface area contributed by atoms with E-state index in [1.54, 1.807) is 6.07 Å². The average Bonchev–Trinajstić information content (AvgIpc) is 2.69. The van der Waals surface area contributed by atoms with Crippen molar-refractivity contribution in [2.24, 2.45) is 0 Å². The summed E-state index contributed by atoms with van der Waals surface area (Å²) in [5, 5.41) is 2.92. The Bertz CT molecular complexity index is 425. The number of hydrogen-bond acceptors (Lipinski definition) is 3. The van der Waals surface area contributed by atoms with Gasteiger partial charge in [0.15, 0.2) is 0 Å². The van der Waals surface area contributed by atoms with Gasteiger partial charge in [-0.2, -0.15) is 0 Å². The third-order valence-electron chi connectivity index (χ3n) is 3.79. The Morgan fingerprint density at radius 1 is 1.21 bits per heavy atom. The summed E-state index contributed by atoms with van der Waals surface area (Å²) < 4.78 is 0. The van der Waals surface area contributed by atoms with Crippen molar-refractivity contribution in [2.75, 3.05) is 24.1 Å². The SMILES string of the molecule is CC(C(=O)Nc1ccccc1N)N1CCCCCC1. The van der Waals surface area contributed by atoms with E-state index in [0.29, 0.717) is 11.4 Å². The summed E-state index contributed by atoms with van der Waals surface area (Å²) in [5.41, 5.74) is 7.16. The number of carbonyl (C=O) groups excluding carboxylic acids is 1. The molecule has 104 valence electrons. The molecule has 0 aliphatic carbocycles. The van der Waals surface area contributed by atoms with Crippen LogP contribution in [0.2, 0.25) is 0 Å². The van der Waals surface area contributed by atoms with Gasteiger partial charge in [-0.15, -0.1) is 0 Å². The van der Waals surface area contributed by atoms with Gasteiger partial charge in [-0.25, -0.2) is 0 Å². The first-order chi connectivity index (χ1) is 9.18. The van der Waals surface area contributed by atoms with Gasteiger partial charge in [-0.3, -0.25) is 9.69 Å². The molecular formula is C15H23N3O. The highest BCUT2D eigenvalue weighted by molar-refractivity contribution is 5.97. The maximum Gasteiger partial charge on any atom is 0.241 e. The summed E-state index contributed by atoms with van der Waals surface area (Å²) in [7, 11) is 0. The van der Waals surface area contributed by atoms with Gasteiger partial charge in [0.1, 0.15) is 0 Å². The molecule has 0 radical (unpaired) electrons. The van der Waals surface area contributed by atoms with Crippen molar-refractivity contribution in [3.05, 3.63) is 24.3 Å². The van der Waals surface area contributed by atoms with Gasteiger partial charge in [0, 0.05) is 0 Å². The van der Waals surface area contributed by atoms with Crippen molar-refractivity contribution in [2.45, 2.75) is 38.6 Å². The molecule has 1 aliphatic rings. The summed E-state index contributed by atoms with van der Waals surface area (Å²) in [6, 6.07) is 7.28. The molecule has 2 rings (SSSR count). The number of para-hydroxylation sites is 2. The molecular weight excluding hydrogens is 238 g/mol. The van der Waals surface area contributed by atoms with Crippen LogP contribution in [-0.4, -0.2) is 29.9 Å². The summed E-state index contributed by atoms with van der Waals surface area (Å²) >= 11 is 0. The predicted molar refractivity (Wildman–Crippen MR) is 79.0 cm³/mol. The van der Waals surface area contributed by atoms with E-state index in [1.165, 1.54) is 25.7 Å². The number of benzene rings is 1. The third-order valence-corrected chi connectivity index (χ3v) is 3.79. The maximum absolute atomic E-state index is 12.3. The lowest BCUT2D eigenvalue weighted by molar-refractivity contribution is -0.120. The van der Waals surface area contributed by atoms with E-state index in [1.807, 2.05) is 25.1 Å². The van der Waals surface area contributed by atoms with E-state index in [2.05, 4.69) is 10.2 Å². The van der Waals surface area contributed by atoms with E-state index < -0.39 is 0 Å². The Morgan fingerprint density at radius 2 is 1.84 bits per heavy atom. The normalized spacial score (nSPS) is 18.6. The van der Waals surface area contributed by atoms with Crippen molar-refractivity contribution in [3.63, 3.8) is 0 Å². The van der Waals surface area contributed by atoms with Crippen LogP contribution in [0.25, 0.3) is 0 Å². The number of carbonyl (C=O) groups is 1. The van der Waals surface area contributed by atoms with Crippen molar-refractivity contribution >= 4 is 17.3 Å². The van der Waals surface area contributed by atoms with Gasteiger partial charge < -0.3 is 11.1 Å². The first-order valence-corrected chi connectivity index (χ1v) is 7.08. The minimum Gasteiger partial charge on any atom is -0.397 e. The fraction of sp³-hybridized carbons (Fsp3) is 0.533. The van der Waals surface area contributed by atoms with E-state index in [9.17, 15) is 4.79 Å². The van der Waals surface area contributed by atoms with Crippen LogP contribution >= 0.6 is 0 Å². The number of nitrogens with one attached hydrogen (secondary N) is 1. The molecule has 1 aromatic carbocycles. The van der Waals surface area contributed by atoms with E-state index in [0.717, 1.165) is 13.1 Å². The Balaban J connectivity index is 1.97. The number of amides is 1. The molecule has 0 aromatic heterocycles. The van der Waals surface area contributed by atoms with Crippen LogP contribution in [0.15, 0.2) is 24.3 Å². The summed E-state index contributed by atoms with van der Waals surface area (Å²) in [4.78, 5) is 14.5. The zero-order valence-corrected chi connectivity index (χ0v) is 11.6. The molecule has 1 aromatic rings. The summed E-state index contributed by atoms with van der Waals surface area (Å²) in [5.74, 6) is 0.0276. The van der Waals surface area contributed by atoms with E-state index >= 15 is 0 Å². The van der Waals surface area contributed by atoms with Gasteiger partial charge in [0.2, 0.25) is 5.91 Å². The Hall–Kier alpha value is -1.55. The molecule has 1 fully saturated rings. The minimum atomic E-state index is -0.0993. The van der Waals surface area contributed by atoms with E-state index in [-0.39, 0.29) is 11.9 Å². The Morgan fingerprint density at radius 3 is 2.47 bits per heavy atom. The Labute approximate surface area is 115 Å². The largest absolute Gasteiger partial charge is 0.397 e. The van der Waals surface area contributed by atoms with Crippen LogP contribution in [0.3, 0.4) is 0 Å². The van der Waals surface area contributed by atoms with Crippen molar-refractivity contribution in [3.8, 4) is 0 Å². The second-order valence-corrected chi connectivity index (χ2v) is 5.20. The molecule has 1 heterocycles. The average molecular weight is 261 g/mol. The first-order valence-electron chi connectivity index (χ1n) is 7.08. The highest BCUT2D eigenvalue weighted by atomic mass is 16.2. The molecule has 3 N–H and O–H groups in total. The van der Waals surface area contributed by atoms with Crippen LogP contribution in [0.1, 0.15) is 32.6 Å². The van der Waals surface area contributed by atoms with Gasteiger partial charge in [-0.1, -0.05) is 25.0 Å². The fourth-order valence-corrected chi connectivity index (χ4v) is 2.50. The van der Waals surface area contributed by atoms with Gasteiger partial charge in [0.05, 0.1) is 17.4 Å². The standard InChI is InChI=1S/C15H23N3O/c1-12(18-10-6-2-3-7-11-18)15(19)17-14-9-5-4-8-13(14)16/h4-5,8-9,12H,2-3,6-7,10-11,16H2,1H3,(H,17,19). The topological polar surface area (TPSA) is 58.4 Å². The van der Waals surface area contributed by atoms with Gasteiger partial charge >= 0.3 is 0 Å². The molecule has 0 spiro atoms. The molecule has 1 aliphatic heterocycles. The number of nitrogens with zero attached hydrogens (tertiary/aromatic N) is 1. The third kappa shape index (κ3) is 3.70. The molecule has 19 heavy (non-hydrogen) atoms. The van der Waals surface area contributed by atoms with Gasteiger partial charge in [0.25, 0.3) is 0 Å². The zero-order chi connectivity index (χ0) is 13.7. The molecule has 0 saturated carbocycles. The lowest BCUT2D eigenvalue weighted by Gasteiger charge is -2.26. The van der Waals surface area contributed by atoms with Crippen molar-refractivity contribution < 1.29 is 4.79 Å². The van der Waals surface area contributed by atoms with Gasteiger partial charge in [-0.05, 0) is 45.0 Å². The highest BCUT2D eigenvalue weighted by Gasteiger charge is 2.22. The van der Waals surface area contributed by atoms with Crippen LogP contribution in [0.5, 0.6) is 0 Å². The number of rotatable bonds is 3. The zero-order valence-electron chi connectivity index (χ0n) is 11.6. The second-order valence-electron chi connectivity index (χ2n) is 5.20. The van der Waals surface area contributed by atoms with Crippen LogP contribution in [0, 0.1) is 0 Å². The fourth-order valence-electron chi connectivity index (χ4n) is 2.50. The quantitative estimate of drug-likeness (QED) is 0.822. The van der Waals surface area contributed by atoms with E-state index in [4.69, 9.17) is 5.73 Å². The summed E-state index contributed by atoms with van der Waals surface area (Å²) in [6.07, 6.45) is 4.92. The number of hydrogen-bond donors (Lipinski definition) is 2. The maximum atomic E-state index is 12.3. The molecule has 1 saturated heterocycles.